The maximum Gasteiger partial charge on any atom is 0.0619 e. The molecule has 0 N–H and O–H groups in total. The Kier molecular flexibility index (Phi) is 6.97. The molecule has 0 fully saturated rings. The topological polar surface area (TPSA) is 6.48 Å². The van der Waals surface area contributed by atoms with Crippen LogP contribution in [0.1, 0.15) is 19.3 Å². The van der Waals surface area contributed by atoms with E-state index in [1.165, 1.54) is 50.0 Å². The summed E-state index contributed by atoms with van der Waals surface area (Å²) < 4.78 is 0. The third-order valence-corrected chi connectivity index (χ3v) is 8.17. The summed E-state index contributed by atoms with van der Waals surface area (Å²) in [6.45, 7) is 0.911. The SMILES string of the molecule is C1=CCC(CN(c2ccccc2)c2c3ccccc3c(N(C3=CCCC=C3)c3ccccc3)c3ccccc23)C=C1. The second-order valence-corrected chi connectivity index (χ2v) is 10.8. The van der Waals surface area contributed by atoms with Gasteiger partial charge in [-0.15, -0.1) is 0 Å². The van der Waals surface area contributed by atoms with Crippen LogP contribution in [-0.4, -0.2) is 6.54 Å². The molecule has 2 aliphatic carbocycles. The lowest BCUT2D eigenvalue weighted by Gasteiger charge is -2.34. The van der Waals surface area contributed by atoms with E-state index in [4.69, 9.17) is 0 Å². The number of anilines is 4. The predicted octanol–water partition coefficient (Wildman–Crippen LogP) is 10.6. The van der Waals surface area contributed by atoms with E-state index in [1.54, 1.807) is 0 Å². The van der Waals surface area contributed by atoms with Crippen molar-refractivity contribution < 1.29 is 0 Å². The second kappa shape index (κ2) is 11.3. The van der Waals surface area contributed by atoms with E-state index in [0.29, 0.717) is 5.92 Å². The molecule has 0 aromatic heterocycles. The molecule has 1 atom stereocenters. The van der Waals surface area contributed by atoms with Gasteiger partial charge in [0.15, 0.2) is 0 Å². The quantitative estimate of drug-likeness (QED) is 0.152. The Morgan fingerprint density at radius 3 is 1.71 bits per heavy atom. The lowest BCUT2D eigenvalue weighted by Crippen LogP contribution is -2.25. The average molecular weight is 531 g/mol. The molecule has 0 aliphatic heterocycles. The van der Waals surface area contributed by atoms with E-state index in [2.05, 4.69) is 162 Å². The fourth-order valence-corrected chi connectivity index (χ4v) is 6.30. The summed E-state index contributed by atoms with van der Waals surface area (Å²) in [7, 11) is 0. The van der Waals surface area contributed by atoms with Crippen LogP contribution < -0.4 is 9.80 Å². The van der Waals surface area contributed by atoms with Gasteiger partial charge >= 0.3 is 0 Å². The Bertz CT molecular complexity index is 1740. The van der Waals surface area contributed by atoms with Gasteiger partial charge in [0.25, 0.3) is 0 Å². The highest BCUT2D eigenvalue weighted by molar-refractivity contribution is 6.22. The van der Waals surface area contributed by atoms with Crippen molar-refractivity contribution in [3.8, 4) is 0 Å². The van der Waals surface area contributed by atoms with E-state index >= 15 is 0 Å². The number of rotatable bonds is 7. The molecule has 0 radical (unpaired) electrons. The molecule has 2 nitrogen and oxygen atoms in total. The van der Waals surface area contributed by atoms with Crippen molar-refractivity contribution in [1.82, 2.24) is 0 Å². The molecule has 2 heteroatoms. The Morgan fingerprint density at radius 2 is 1.15 bits per heavy atom. The first-order valence-electron chi connectivity index (χ1n) is 14.7. The van der Waals surface area contributed by atoms with Gasteiger partial charge in [-0.2, -0.15) is 0 Å². The van der Waals surface area contributed by atoms with Crippen LogP contribution in [0.2, 0.25) is 0 Å². The summed E-state index contributed by atoms with van der Waals surface area (Å²) in [6, 6.07) is 39.7. The third-order valence-electron chi connectivity index (χ3n) is 8.17. The van der Waals surface area contributed by atoms with Gasteiger partial charge in [0, 0.05) is 45.2 Å². The molecule has 0 bridgehead atoms. The highest BCUT2D eigenvalue weighted by atomic mass is 15.2. The fraction of sp³-hybridized carbons (Fsp3) is 0.128. The lowest BCUT2D eigenvalue weighted by molar-refractivity contribution is 0.658. The van der Waals surface area contributed by atoms with Gasteiger partial charge in [0.1, 0.15) is 0 Å². The standard InChI is InChI=1S/C39H34N2/c1-5-17-30(18-6-1)29-40(31-19-7-2-8-20-31)38-34-25-13-15-27-36(34)39(37-28-16-14-26-35(37)38)41(32-21-9-3-10-22-32)33-23-11-4-12-24-33/h1-3,5-11,13-17,19-28,30H,4,12,18,29H2. The molecule has 7 rings (SSSR count). The first kappa shape index (κ1) is 25.2. The van der Waals surface area contributed by atoms with Gasteiger partial charge in [-0.1, -0.05) is 121 Å². The number of fused-ring (bicyclic) bond motifs is 2. The molecule has 0 heterocycles. The summed E-state index contributed by atoms with van der Waals surface area (Å²) in [5, 5.41) is 5.04. The number of hydrogen-bond acceptors (Lipinski definition) is 2. The van der Waals surface area contributed by atoms with Crippen molar-refractivity contribution >= 4 is 44.3 Å². The Morgan fingerprint density at radius 1 is 0.561 bits per heavy atom. The molecule has 0 saturated carbocycles. The van der Waals surface area contributed by atoms with Crippen LogP contribution in [0.4, 0.5) is 22.7 Å². The van der Waals surface area contributed by atoms with Crippen LogP contribution >= 0.6 is 0 Å². The van der Waals surface area contributed by atoms with E-state index < -0.39 is 0 Å². The Balaban J connectivity index is 1.53. The summed E-state index contributed by atoms with van der Waals surface area (Å²) in [4.78, 5) is 5.01. The van der Waals surface area contributed by atoms with Crippen molar-refractivity contribution in [3.63, 3.8) is 0 Å². The van der Waals surface area contributed by atoms with E-state index in [1.807, 2.05) is 0 Å². The van der Waals surface area contributed by atoms with E-state index in [9.17, 15) is 0 Å². The van der Waals surface area contributed by atoms with Crippen LogP contribution in [0, 0.1) is 5.92 Å². The fourth-order valence-electron chi connectivity index (χ4n) is 6.30. The van der Waals surface area contributed by atoms with Crippen molar-refractivity contribution in [1.29, 1.82) is 0 Å². The predicted molar refractivity (Wildman–Crippen MR) is 176 cm³/mol. The molecular formula is C39H34N2. The van der Waals surface area contributed by atoms with Gasteiger partial charge in [-0.3, -0.25) is 0 Å². The van der Waals surface area contributed by atoms with Crippen LogP contribution in [-0.2, 0) is 0 Å². The van der Waals surface area contributed by atoms with Crippen LogP contribution in [0.5, 0.6) is 0 Å². The number of allylic oxidation sites excluding steroid dienone is 6. The first-order valence-corrected chi connectivity index (χ1v) is 14.7. The van der Waals surface area contributed by atoms with Gasteiger partial charge in [-0.05, 0) is 55.5 Å². The molecular weight excluding hydrogens is 496 g/mol. The minimum absolute atomic E-state index is 0.441. The molecule has 41 heavy (non-hydrogen) atoms. The number of para-hydroxylation sites is 2. The number of benzene rings is 5. The zero-order valence-electron chi connectivity index (χ0n) is 23.2. The smallest absolute Gasteiger partial charge is 0.0619 e. The third kappa shape index (κ3) is 4.87. The molecule has 1 unspecified atom stereocenters. The van der Waals surface area contributed by atoms with Crippen LogP contribution in [0.15, 0.2) is 157 Å². The molecule has 5 aromatic carbocycles. The van der Waals surface area contributed by atoms with Crippen molar-refractivity contribution in [2.24, 2.45) is 5.92 Å². The van der Waals surface area contributed by atoms with Gasteiger partial charge in [0.05, 0.1) is 11.4 Å². The normalized spacial score (nSPS) is 16.2. The number of hydrogen-bond donors (Lipinski definition) is 0. The highest BCUT2D eigenvalue weighted by Gasteiger charge is 2.25. The molecule has 200 valence electrons. The van der Waals surface area contributed by atoms with Gasteiger partial charge in [-0.25, -0.2) is 0 Å². The van der Waals surface area contributed by atoms with Crippen molar-refractivity contribution in [2.75, 3.05) is 16.3 Å². The monoisotopic (exact) mass is 530 g/mol. The maximum absolute atomic E-state index is 2.55. The average Bonchev–Trinajstić information content (AvgIpc) is 3.06. The molecule has 0 amide bonds. The molecule has 5 aromatic rings. The molecule has 2 aliphatic rings. The lowest BCUT2D eigenvalue weighted by atomic mass is 9.94. The summed E-state index contributed by atoms with van der Waals surface area (Å²) in [5.74, 6) is 0.441. The first-order chi connectivity index (χ1) is 20.4. The van der Waals surface area contributed by atoms with E-state index in [-0.39, 0.29) is 0 Å². The van der Waals surface area contributed by atoms with Crippen LogP contribution in [0.25, 0.3) is 21.5 Å². The summed E-state index contributed by atoms with van der Waals surface area (Å²) in [5.41, 5.74) is 6.13. The van der Waals surface area contributed by atoms with Crippen molar-refractivity contribution in [2.45, 2.75) is 19.3 Å². The van der Waals surface area contributed by atoms with Gasteiger partial charge < -0.3 is 9.80 Å². The number of nitrogens with zero attached hydrogens (tertiary/aromatic N) is 2. The maximum atomic E-state index is 2.55. The largest absolute Gasteiger partial charge is 0.340 e. The minimum Gasteiger partial charge on any atom is -0.340 e. The molecule has 0 saturated heterocycles. The second-order valence-electron chi connectivity index (χ2n) is 10.8. The highest BCUT2D eigenvalue weighted by Crippen LogP contribution is 2.48. The van der Waals surface area contributed by atoms with Gasteiger partial charge in [0.2, 0.25) is 0 Å². The molecule has 0 spiro atoms. The van der Waals surface area contributed by atoms with Crippen molar-refractivity contribution in [3.05, 3.63) is 157 Å². The minimum atomic E-state index is 0.441. The Labute approximate surface area is 242 Å². The summed E-state index contributed by atoms with van der Waals surface area (Å²) >= 11 is 0. The zero-order chi connectivity index (χ0) is 27.4. The zero-order valence-corrected chi connectivity index (χ0v) is 23.2. The van der Waals surface area contributed by atoms with Crippen LogP contribution in [0.3, 0.4) is 0 Å². The Hall–Kier alpha value is -4.82. The van der Waals surface area contributed by atoms with E-state index in [0.717, 1.165) is 25.8 Å². The summed E-state index contributed by atoms with van der Waals surface area (Å²) in [6.07, 6.45) is 19.1.